The predicted molar refractivity (Wildman–Crippen MR) is 61.2 cm³/mol. The van der Waals surface area contributed by atoms with Gasteiger partial charge in [-0.25, -0.2) is 13.4 Å². The molecular formula is C8H8ClN5O2S. The van der Waals surface area contributed by atoms with E-state index in [-0.39, 0.29) is 16.0 Å². The van der Waals surface area contributed by atoms with Crippen LogP contribution in [0.1, 0.15) is 5.69 Å². The SMILES string of the molecule is Cc1[nH]ncc1S(=O)(=O)Nc1ccnc(Cl)n1. The van der Waals surface area contributed by atoms with E-state index in [0.29, 0.717) is 5.69 Å². The molecule has 0 bridgehead atoms. The summed E-state index contributed by atoms with van der Waals surface area (Å²) < 4.78 is 26.1. The second kappa shape index (κ2) is 4.30. The van der Waals surface area contributed by atoms with Gasteiger partial charge in [-0.05, 0) is 24.6 Å². The van der Waals surface area contributed by atoms with E-state index < -0.39 is 10.0 Å². The second-order valence-electron chi connectivity index (χ2n) is 3.18. The fraction of sp³-hybridized carbons (Fsp3) is 0.125. The molecule has 0 fully saturated rings. The Bertz CT molecular complexity index is 639. The van der Waals surface area contributed by atoms with Crippen molar-refractivity contribution in [2.24, 2.45) is 0 Å². The van der Waals surface area contributed by atoms with E-state index in [0.717, 1.165) is 0 Å². The molecule has 0 radical (unpaired) electrons. The largest absolute Gasteiger partial charge is 0.281 e. The number of hydrogen-bond acceptors (Lipinski definition) is 5. The van der Waals surface area contributed by atoms with Crippen LogP contribution in [0.15, 0.2) is 23.4 Å². The third-order valence-corrected chi connectivity index (χ3v) is 3.59. The van der Waals surface area contributed by atoms with Crippen LogP contribution in [0.5, 0.6) is 0 Å². The monoisotopic (exact) mass is 273 g/mol. The molecule has 0 aliphatic carbocycles. The molecule has 2 rings (SSSR count). The Morgan fingerprint density at radius 1 is 1.47 bits per heavy atom. The van der Waals surface area contributed by atoms with Crippen molar-refractivity contribution in [1.29, 1.82) is 0 Å². The summed E-state index contributed by atoms with van der Waals surface area (Å²) >= 11 is 5.55. The van der Waals surface area contributed by atoms with Gasteiger partial charge in [0.2, 0.25) is 5.28 Å². The lowest BCUT2D eigenvalue weighted by Crippen LogP contribution is -2.14. The third kappa shape index (κ3) is 2.53. The molecule has 17 heavy (non-hydrogen) atoms. The quantitative estimate of drug-likeness (QED) is 0.811. The average molecular weight is 274 g/mol. The fourth-order valence-electron chi connectivity index (χ4n) is 1.19. The Hall–Kier alpha value is -1.67. The number of sulfonamides is 1. The molecule has 0 aliphatic heterocycles. The standard InChI is InChI=1S/C8H8ClN5O2S/c1-5-6(4-11-13-5)17(15,16)14-7-2-3-10-8(9)12-7/h2-4H,1H3,(H,11,13)(H,10,12,14). The lowest BCUT2D eigenvalue weighted by Gasteiger charge is -2.05. The van der Waals surface area contributed by atoms with Crippen molar-refractivity contribution in [1.82, 2.24) is 20.2 Å². The summed E-state index contributed by atoms with van der Waals surface area (Å²) in [5.41, 5.74) is 0.442. The summed E-state index contributed by atoms with van der Waals surface area (Å²) in [4.78, 5) is 7.44. The van der Waals surface area contributed by atoms with Gasteiger partial charge < -0.3 is 0 Å². The average Bonchev–Trinajstić information content (AvgIpc) is 2.64. The fourth-order valence-corrected chi connectivity index (χ4v) is 2.48. The van der Waals surface area contributed by atoms with Crippen molar-refractivity contribution < 1.29 is 8.42 Å². The Kier molecular flexibility index (Phi) is 2.99. The summed E-state index contributed by atoms with van der Waals surface area (Å²) in [5, 5.41) is 6.15. The molecule has 90 valence electrons. The van der Waals surface area contributed by atoms with Gasteiger partial charge in [0.05, 0.1) is 11.9 Å². The lowest BCUT2D eigenvalue weighted by molar-refractivity contribution is 0.600. The normalized spacial score (nSPS) is 11.4. The molecule has 0 unspecified atom stereocenters. The topological polar surface area (TPSA) is 101 Å². The molecule has 0 saturated carbocycles. The molecule has 0 atom stereocenters. The van der Waals surface area contributed by atoms with E-state index in [1.54, 1.807) is 6.92 Å². The van der Waals surface area contributed by atoms with Crippen molar-refractivity contribution in [2.45, 2.75) is 11.8 Å². The van der Waals surface area contributed by atoms with Gasteiger partial charge in [0.15, 0.2) is 0 Å². The summed E-state index contributed by atoms with van der Waals surface area (Å²) in [5.74, 6) is 0.102. The van der Waals surface area contributed by atoms with Crippen LogP contribution in [0.3, 0.4) is 0 Å². The highest BCUT2D eigenvalue weighted by Crippen LogP contribution is 2.16. The van der Waals surface area contributed by atoms with Gasteiger partial charge in [-0.3, -0.25) is 9.82 Å². The van der Waals surface area contributed by atoms with Gasteiger partial charge in [-0.1, -0.05) is 0 Å². The number of aromatic nitrogens is 4. The highest BCUT2D eigenvalue weighted by Gasteiger charge is 2.19. The molecule has 2 heterocycles. The number of H-pyrrole nitrogens is 1. The van der Waals surface area contributed by atoms with Gasteiger partial charge >= 0.3 is 0 Å². The Morgan fingerprint density at radius 3 is 2.82 bits per heavy atom. The molecule has 0 aliphatic rings. The van der Waals surface area contributed by atoms with Crippen LogP contribution in [-0.2, 0) is 10.0 Å². The molecule has 0 amide bonds. The minimum atomic E-state index is -3.71. The maximum atomic E-state index is 11.9. The van der Waals surface area contributed by atoms with Crippen molar-refractivity contribution in [3.63, 3.8) is 0 Å². The Labute approximate surface area is 102 Å². The number of aromatic amines is 1. The van der Waals surface area contributed by atoms with Gasteiger partial charge in [0, 0.05) is 6.20 Å². The van der Waals surface area contributed by atoms with Gasteiger partial charge in [0.1, 0.15) is 10.7 Å². The zero-order valence-corrected chi connectivity index (χ0v) is 10.2. The van der Waals surface area contributed by atoms with Crippen LogP contribution >= 0.6 is 11.6 Å². The first-order valence-electron chi connectivity index (χ1n) is 4.50. The zero-order chi connectivity index (χ0) is 12.5. The molecule has 9 heteroatoms. The number of nitrogens with zero attached hydrogens (tertiary/aromatic N) is 3. The third-order valence-electron chi connectivity index (χ3n) is 1.94. The molecular weight excluding hydrogens is 266 g/mol. The lowest BCUT2D eigenvalue weighted by atomic mass is 10.5. The summed E-state index contributed by atoms with van der Waals surface area (Å²) in [6, 6.07) is 1.40. The van der Waals surface area contributed by atoms with Gasteiger partial charge in [-0.15, -0.1) is 0 Å². The van der Waals surface area contributed by atoms with Crippen LogP contribution in [0, 0.1) is 6.92 Å². The van der Waals surface area contributed by atoms with E-state index in [4.69, 9.17) is 11.6 Å². The summed E-state index contributed by atoms with van der Waals surface area (Å²) in [6.45, 7) is 1.61. The highest BCUT2D eigenvalue weighted by atomic mass is 35.5. The second-order valence-corrected chi connectivity index (χ2v) is 5.16. The van der Waals surface area contributed by atoms with E-state index in [2.05, 4.69) is 24.9 Å². The van der Waals surface area contributed by atoms with Crippen LogP contribution in [0.2, 0.25) is 5.28 Å². The van der Waals surface area contributed by atoms with Crippen molar-refractivity contribution in [2.75, 3.05) is 4.72 Å². The minimum Gasteiger partial charge on any atom is -0.281 e. The number of hydrogen-bond donors (Lipinski definition) is 2. The maximum absolute atomic E-state index is 11.9. The van der Waals surface area contributed by atoms with E-state index in [1.807, 2.05) is 0 Å². The van der Waals surface area contributed by atoms with Crippen LogP contribution in [-0.4, -0.2) is 28.6 Å². The number of rotatable bonds is 3. The first-order valence-corrected chi connectivity index (χ1v) is 6.36. The van der Waals surface area contributed by atoms with E-state index >= 15 is 0 Å². The highest BCUT2D eigenvalue weighted by molar-refractivity contribution is 7.92. The van der Waals surface area contributed by atoms with Crippen molar-refractivity contribution >= 4 is 27.4 Å². The molecule has 2 aromatic rings. The van der Waals surface area contributed by atoms with Crippen LogP contribution in [0.25, 0.3) is 0 Å². The first-order chi connectivity index (χ1) is 7.99. The van der Waals surface area contributed by atoms with E-state index in [1.165, 1.54) is 18.5 Å². The molecule has 0 saturated heterocycles. The molecule has 2 aromatic heterocycles. The zero-order valence-electron chi connectivity index (χ0n) is 8.68. The van der Waals surface area contributed by atoms with E-state index in [9.17, 15) is 8.42 Å². The molecule has 2 N–H and O–H groups in total. The number of nitrogens with one attached hydrogen (secondary N) is 2. The number of halogens is 1. The minimum absolute atomic E-state index is 0.0332. The molecule has 7 nitrogen and oxygen atoms in total. The number of anilines is 1. The van der Waals surface area contributed by atoms with Crippen molar-refractivity contribution in [3.8, 4) is 0 Å². The van der Waals surface area contributed by atoms with Gasteiger partial charge in [-0.2, -0.15) is 10.1 Å². The Balaban J connectivity index is 2.33. The van der Waals surface area contributed by atoms with Crippen LogP contribution in [0.4, 0.5) is 5.82 Å². The maximum Gasteiger partial charge on any atom is 0.266 e. The van der Waals surface area contributed by atoms with Gasteiger partial charge in [0.25, 0.3) is 10.0 Å². The molecule has 0 aromatic carbocycles. The van der Waals surface area contributed by atoms with Crippen molar-refractivity contribution in [3.05, 3.63) is 29.4 Å². The molecule has 0 spiro atoms. The van der Waals surface area contributed by atoms with Crippen LogP contribution < -0.4 is 4.72 Å². The first kappa shape index (κ1) is 11.8. The number of aryl methyl sites for hydroxylation is 1. The Morgan fingerprint density at radius 2 is 2.24 bits per heavy atom. The summed E-state index contributed by atoms with van der Waals surface area (Å²) in [6.07, 6.45) is 2.58. The smallest absolute Gasteiger partial charge is 0.266 e. The summed E-state index contributed by atoms with van der Waals surface area (Å²) in [7, 11) is -3.71. The predicted octanol–water partition coefficient (Wildman–Crippen LogP) is 0.962.